The fourth-order valence-electron chi connectivity index (χ4n) is 2.70. The molecule has 1 saturated carbocycles. The molecule has 1 heterocycles. The predicted octanol–water partition coefficient (Wildman–Crippen LogP) is 2.68. The number of hydrogen-bond acceptors (Lipinski definition) is 3. The molecule has 1 aliphatic carbocycles. The van der Waals surface area contributed by atoms with Crippen LogP contribution in [0.5, 0.6) is 0 Å². The van der Waals surface area contributed by atoms with Crippen LogP contribution in [0.2, 0.25) is 0 Å². The van der Waals surface area contributed by atoms with Gasteiger partial charge in [0.2, 0.25) is 5.91 Å². The molecule has 1 aromatic rings. The molecule has 1 amide bonds. The average molecular weight is 296 g/mol. The number of nitrogens with one attached hydrogen (secondary N) is 1. The Morgan fingerprint density at radius 2 is 2.21 bits per heavy atom. The van der Waals surface area contributed by atoms with Crippen LogP contribution in [0.15, 0.2) is 6.07 Å². The number of amides is 1. The van der Waals surface area contributed by atoms with Crippen molar-refractivity contribution in [3.63, 3.8) is 0 Å². The topological polar surface area (TPSA) is 55.1 Å². The molecule has 1 aliphatic rings. The smallest absolute Gasteiger partial charge is 0.233 e. The van der Waals surface area contributed by atoms with Crippen molar-refractivity contribution in [2.75, 3.05) is 0 Å². The minimum Gasteiger partial charge on any atom is -0.392 e. The van der Waals surface area contributed by atoms with Gasteiger partial charge in [-0.1, -0.05) is 19.1 Å². The Morgan fingerprint density at radius 3 is 2.63 bits per heavy atom. The molecule has 3 nitrogen and oxygen atoms in total. The fourth-order valence-corrected chi connectivity index (χ4v) is 3.95. The van der Waals surface area contributed by atoms with Gasteiger partial charge in [-0.15, -0.1) is 11.3 Å². The van der Waals surface area contributed by atoms with E-state index in [-0.39, 0.29) is 5.91 Å². The van der Waals surface area contributed by atoms with E-state index in [1.165, 1.54) is 15.3 Å². The van der Waals surface area contributed by atoms with Gasteiger partial charge in [0.15, 0.2) is 0 Å². The molecule has 104 valence electrons. The third-order valence-corrected chi connectivity index (χ3v) is 5.48. The Balaban J connectivity index is 1.99. The molecule has 0 radical (unpaired) electrons. The number of rotatable bonds is 4. The molecule has 0 spiro atoms. The minimum atomic E-state index is -0.601. The molecule has 1 fully saturated rings. The summed E-state index contributed by atoms with van der Waals surface area (Å²) < 4.78 is 0. The van der Waals surface area contributed by atoms with Crippen molar-refractivity contribution in [3.8, 4) is 0 Å². The summed E-state index contributed by atoms with van der Waals surface area (Å²) in [5, 5.41) is 2.99. The number of nitrogens with two attached hydrogens (primary N) is 1. The largest absolute Gasteiger partial charge is 0.392 e. The lowest BCUT2D eigenvalue weighted by Gasteiger charge is -2.44. The monoisotopic (exact) mass is 296 g/mol. The van der Waals surface area contributed by atoms with Gasteiger partial charge in [0.1, 0.15) is 0 Å². The molecule has 2 rings (SSSR count). The van der Waals surface area contributed by atoms with Crippen LogP contribution in [-0.2, 0) is 11.3 Å². The van der Waals surface area contributed by atoms with Crippen LogP contribution >= 0.6 is 23.6 Å². The third kappa shape index (κ3) is 2.67. The Labute approximate surface area is 123 Å². The van der Waals surface area contributed by atoms with E-state index in [9.17, 15) is 4.79 Å². The van der Waals surface area contributed by atoms with Gasteiger partial charge in [-0.05, 0) is 44.2 Å². The van der Waals surface area contributed by atoms with Gasteiger partial charge >= 0.3 is 0 Å². The summed E-state index contributed by atoms with van der Waals surface area (Å²) in [6.45, 7) is 6.86. The quantitative estimate of drug-likeness (QED) is 0.840. The molecule has 0 unspecified atom stereocenters. The van der Waals surface area contributed by atoms with Crippen LogP contribution in [0.3, 0.4) is 0 Å². The van der Waals surface area contributed by atoms with Gasteiger partial charge in [0, 0.05) is 9.75 Å². The van der Waals surface area contributed by atoms with Crippen LogP contribution in [0.25, 0.3) is 0 Å². The normalized spacial score (nSPS) is 25.7. The molecule has 0 aliphatic heterocycles. The molecule has 1 aromatic heterocycles. The Kier molecular flexibility index (Phi) is 3.97. The maximum atomic E-state index is 12.3. The Bertz CT molecular complexity index is 496. The molecule has 0 aromatic carbocycles. The third-order valence-electron chi connectivity index (χ3n) is 3.94. The number of thiophene rings is 1. The average Bonchev–Trinajstić information content (AvgIpc) is 2.61. The number of carbonyl (C=O) groups is 1. The van der Waals surface area contributed by atoms with Crippen molar-refractivity contribution in [3.05, 3.63) is 21.4 Å². The van der Waals surface area contributed by atoms with Crippen LogP contribution in [0.1, 0.15) is 35.1 Å². The first kappa shape index (κ1) is 14.5. The highest BCUT2D eigenvalue weighted by Crippen LogP contribution is 2.46. The van der Waals surface area contributed by atoms with Crippen LogP contribution in [0, 0.1) is 25.2 Å². The predicted molar refractivity (Wildman–Crippen MR) is 83.3 cm³/mol. The first-order valence-corrected chi connectivity index (χ1v) is 7.72. The maximum absolute atomic E-state index is 12.3. The first-order valence-electron chi connectivity index (χ1n) is 6.49. The summed E-state index contributed by atoms with van der Waals surface area (Å²) >= 11 is 6.81. The van der Waals surface area contributed by atoms with E-state index in [2.05, 4.69) is 32.2 Å². The van der Waals surface area contributed by atoms with Crippen molar-refractivity contribution < 1.29 is 4.79 Å². The zero-order valence-electron chi connectivity index (χ0n) is 11.6. The molecular formula is C14H20N2OS2. The molecule has 0 saturated heterocycles. The number of aryl methyl sites for hydroxylation is 2. The summed E-state index contributed by atoms with van der Waals surface area (Å²) in [5.41, 5.74) is 6.44. The fraction of sp³-hybridized carbons (Fsp3) is 0.571. The standard InChI is InChI=1S/C14H20N2OS2/c1-8-5-14(6-8,12(15)18)13(17)16-7-11-4-9(2)10(3)19-11/h4,8H,5-7H2,1-3H3,(H2,15,18)(H,16,17). The van der Waals surface area contributed by atoms with Gasteiger partial charge in [-0.3, -0.25) is 4.79 Å². The van der Waals surface area contributed by atoms with Crippen LogP contribution < -0.4 is 11.1 Å². The summed E-state index contributed by atoms with van der Waals surface area (Å²) in [6.07, 6.45) is 1.55. The van der Waals surface area contributed by atoms with E-state index in [4.69, 9.17) is 18.0 Å². The maximum Gasteiger partial charge on any atom is 0.233 e. The molecular weight excluding hydrogens is 276 g/mol. The van der Waals surface area contributed by atoms with Gasteiger partial charge < -0.3 is 11.1 Å². The van der Waals surface area contributed by atoms with Gasteiger partial charge in [0.05, 0.1) is 16.9 Å². The van der Waals surface area contributed by atoms with Crippen molar-refractivity contribution in [1.82, 2.24) is 5.32 Å². The lowest BCUT2D eigenvalue weighted by atomic mass is 9.62. The van der Waals surface area contributed by atoms with E-state index in [1.54, 1.807) is 11.3 Å². The summed E-state index contributed by atoms with van der Waals surface area (Å²) in [4.78, 5) is 15.1. The molecule has 0 bridgehead atoms. The molecule has 19 heavy (non-hydrogen) atoms. The Hall–Kier alpha value is -0.940. The van der Waals surface area contributed by atoms with Crippen molar-refractivity contribution in [2.24, 2.45) is 17.1 Å². The van der Waals surface area contributed by atoms with E-state index >= 15 is 0 Å². The second-order valence-electron chi connectivity index (χ2n) is 5.59. The minimum absolute atomic E-state index is 0.0122. The second-order valence-corrected chi connectivity index (χ2v) is 7.38. The zero-order chi connectivity index (χ0) is 14.2. The molecule has 5 heteroatoms. The van der Waals surface area contributed by atoms with E-state index < -0.39 is 5.41 Å². The van der Waals surface area contributed by atoms with Crippen molar-refractivity contribution >= 4 is 34.5 Å². The molecule has 3 N–H and O–H groups in total. The lowest BCUT2D eigenvalue weighted by Crippen LogP contribution is -2.55. The Morgan fingerprint density at radius 1 is 1.58 bits per heavy atom. The van der Waals surface area contributed by atoms with E-state index in [0.29, 0.717) is 17.5 Å². The van der Waals surface area contributed by atoms with Gasteiger partial charge in [-0.2, -0.15) is 0 Å². The zero-order valence-corrected chi connectivity index (χ0v) is 13.2. The SMILES string of the molecule is Cc1cc(CNC(=O)C2(C(N)=S)CC(C)C2)sc1C. The first-order chi connectivity index (χ1) is 8.85. The number of carbonyl (C=O) groups excluding carboxylic acids is 1. The molecule has 0 atom stereocenters. The van der Waals surface area contributed by atoms with Crippen LogP contribution in [0.4, 0.5) is 0 Å². The number of thiocarbonyl (C=S) groups is 1. The number of hydrogen-bond donors (Lipinski definition) is 2. The van der Waals surface area contributed by atoms with Gasteiger partial charge in [0.25, 0.3) is 0 Å². The van der Waals surface area contributed by atoms with Crippen LogP contribution in [-0.4, -0.2) is 10.9 Å². The highest BCUT2D eigenvalue weighted by atomic mass is 32.1. The van der Waals surface area contributed by atoms with Crippen molar-refractivity contribution in [2.45, 2.75) is 40.2 Å². The highest BCUT2D eigenvalue weighted by Gasteiger charge is 2.50. The summed E-state index contributed by atoms with van der Waals surface area (Å²) in [6, 6.07) is 2.12. The van der Waals surface area contributed by atoms with E-state index in [1.807, 2.05) is 0 Å². The van der Waals surface area contributed by atoms with Crippen molar-refractivity contribution in [1.29, 1.82) is 0 Å². The van der Waals surface area contributed by atoms with E-state index in [0.717, 1.165) is 12.8 Å². The highest BCUT2D eigenvalue weighted by molar-refractivity contribution is 7.80. The van der Waals surface area contributed by atoms with Gasteiger partial charge in [-0.25, -0.2) is 0 Å². The summed E-state index contributed by atoms with van der Waals surface area (Å²) in [7, 11) is 0. The lowest BCUT2D eigenvalue weighted by molar-refractivity contribution is -0.133. The summed E-state index contributed by atoms with van der Waals surface area (Å²) in [5.74, 6) is 0.514. The second kappa shape index (κ2) is 5.21.